The summed E-state index contributed by atoms with van der Waals surface area (Å²) in [5.41, 5.74) is 1.71. The van der Waals surface area contributed by atoms with Gasteiger partial charge in [0.2, 0.25) is 0 Å². The van der Waals surface area contributed by atoms with E-state index < -0.39 is 5.97 Å². The Bertz CT molecular complexity index is 768. The van der Waals surface area contributed by atoms with Gasteiger partial charge in [-0.1, -0.05) is 12.1 Å². The summed E-state index contributed by atoms with van der Waals surface area (Å²) >= 11 is 0. The molecule has 0 amide bonds. The molecule has 0 unspecified atom stereocenters. The van der Waals surface area contributed by atoms with E-state index in [2.05, 4.69) is 4.98 Å². The number of carboxylic acids is 1. The molecular formula is C19H22N2O4. The van der Waals surface area contributed by atoms with E-state index in [1.54, 1.807) is 19.2 Å². The van der Waals surface area contributed by atoms with Crippen LogP contribution < -0.4 is 9.64 Å². The predicted octanol–water partition coefficient (Wildman–Crippen LogP) is 3.07. The van der Waals surface area contributed by atoms with E-state index in [1.165, 1.54) is 0 Å². The number of ether oxygens (including phenoxy) is 2. The summed E-state index contributed by atoms with van der Waals surface area (Å²) in [4.78, 5) is 18.3. The van der Waals surface area contributed by atoms with Gasteiger partial charge in [0.1, 0.15) is 17.1 Å². The monoisotopic (exact) mass is 342 g/mol. The van der Waals surface area contributed by atoms with Crippen molar-refractivity contribution in [3.63, 3.8) is 0 Å². The number of anilines is 1. The van der Waals surface area contributed by atoms with E-state index in [0.717, 1.165) is 5.56 Å². The lowest BCUT2D eigenvalue weighted by Gasteiger charge is -2.36. The summed E-state index contributed by atoms with van der Waals surface area (Å²) in [5, 5.41) is 9.57. The normalized spacial score (nSPS) is 20.4. The largest absolute Gasteiger partial charge is 0.496 e. The average Bonchev–Trinajstić information content (AvgIpc) is 2.60. The van der Waals surface area contributed by atoms with Crippen molar-refractivity contribution in [2.24, 2.45) is 0 Å². The molecule has 2 aromatic rings. The van der Waals surface area contributed by atoms with Crippen LogP contribution in [0.3, 0.4) is 0 Å². The maximum atomic E-state index is 11.7. The van der Waals surface area contributed by atoms with E-state index in [9.17, 15) is 9.90 Å². The fourth-order valence-electron chi connectivity index (χ4n) is 3.21. The molecule has 1 aromatic heterocycles. The number of morpholine rings is 1. The van der Waals surface area contributed by atoms with E-state index in [0.29, 0.717) is 30.4 Å². The van der Waals surface area contributed by atoms with Crippen LogP contribution in [0.25, 0.3) is 11.3 Å². The molecule has 1 saturated heterocycles. The molecule has 6 nitrogen and oxygen atoms in total. The highest BCUT2D eigenvalue weighted by atomic mass is 16.5. The molecule has 25 heavy (non-hydrogen) atoms. The zero-order valence-corrected chi connectivity index (χ0v) is 14.6. The molecule has 0 radical (unpaired) electrons. The van der Waals surface area contributed by atoms with Crippen molar-refractivity contribution in [1.82, 2.24) is 4.98 Å². The Hall–Kier alpha value is -2.60. The van der Waals surface area contributed by atoms with Crippen LogP contribution in [0, 0.1) is 0 Å². The smallest absolute Gasteiger partial charge is 0.339 e. The fraction of sp³-hybridized carbons (Fsp3) is 0.368. The van der Waals surface area contributed by atoms with Crippen molar-refractivity contribution in [3.8, 4) is 17.0 Å². The van der Waals surface area contributed by atoms with Crippen molar-refractivity contribution in [2.75, 3.05) is 25.1 Å². The fourth-order valence-corrected chi connectivity index (χ4v) is 3.21. The second-order valence-electron chi connectivity index (χ2n) is 6.24. The lowest BCUT2D eigenvalue weighted by molar-refractivity contribution is -0.00556. The summed E-state index contributed by atoms with van der Waals surface area (Å²) in [6.07, 6.45) is 0.0317. The van der Waals surface area contributed by atoms with Crippen molar-refractivity contribution in [3.05, 3.63) is 42.0 Å². The van der Waals surface area contributed by atoms with Gasteiger partial charge in [-0.2, -0.15) is 0 Å². The molecule has 3 rings (SSSR count). The minimum Gasteiger partial charge on any atom is -0.496 e. The predicted molar refractivity (Wildman–Crippen MR) is 95.4 cm³/mol. The number of hydrogen-bond acceptors (Lipinski definition) is 5. The Morgan fingerprint density at radius 3 is 2.52 bits per heavy atom. The molecule has 0 aliphatic carbocycles. The molecule has 0 bridgehead atoms. The quantitative estimate of drug-likeness (QED) is 0.921. The first-order chi connectivity index (χ1) is 12.0. The number of aromatic carboxylic acids is 1. The van der Waals surface area contributed by atoms with Crippen molar-refractivity contribution < 1.29 is 19.4 Å². The third-order valence-corrected chi connectivity index (χ3v) is 4.21. The zero-order valence-electron chi connectivity index (χ0n) is 14.6. The second kappa shape index (κ2) is 7.11. The molecule has 0 saturated carbocycles. The number of para-hydroxylation sites is 1. The van der Waals surface area contributed by atoms with E-state index in [4.69, 9.17) is 9.47 Å². The average molecular weight is 342 g/mol. The number of carboxylic acid groups (broad SMARTS) is 1. The van der Waals surface area contributed by atoms with Crippen molar-refractivity contribution in [2.45, 2.75) is 26.1 Å². The highest BCUT2D eigenvalue weighted by Gasteiger charge is 2.27. The number of carbonyl (C=O) groups is 1. The lowest BCUT2D eigenvalue weighted by Crippen LogP contribution is -2.46. The molecule has 1 aliphatic heterocycles. The summed E-state index contributed by atoms with van der Waals surface area (Å²) < 4.78 is 11.2. The molecule has 2 heterocycles. The summed E-state index contributed by atoms with van der Waals surface area (Å²) in [5.74, 6) is 0.187. The van der Waals surface area contributed by atoms with Gasteiger partial charge in [0, 0.05) is 18.7 Å². The standard InChI is InChI=1S/C19H22N2O4/c1-12-10-21(11-13(2)25-12)18-15(19(22)23)8-9-16(20-18)14-6-4-5-7-17(14)24-3/h4-9,12-13H,10-11H2,1-3H3,(H,22,23)/t12-,13+. The highest BCUT2D eigenvalue weighted by molar-refractivity contribution is 5.94. The van der Waals surface area contributed by atoms with Gasteiger partial charge in [-0.05, 0) is 38.1 Å². The molecular weight excluding hydrogens is 320 g/mol. The molecule has 1 N–H and O–H groups in total. The molecule has 1 fully saturated rings. The van der Waals surface area contributed by atoms with Crippen molar-refractivity contribution >= 4 is 11.8 Å². The van der Waals surface area contributed by atoms with Crippen LogP contribution in [0.15, 0.2) is 36.4 Å². The van der Waals surface area contributed by atoms with E-state index in [-0.39, 0.29) is 17.8 Å². The molecule has 2 atom stereocenters. The van der Waals surface area contributed by atoms with Gasteiger partial charge < -0.3 is 19.5 Å². The van der Waals surface area contributed by atoms with Gasteiger partial charge in [0.15, 0.2) is 0 Å². The van der Waals surface area contributed by atoms with Crippen LogP contribution in [-0.4, -0.2) is 48.5 Å². The first kappa shape index (κ1) is 17.2. The van der Waals surface area contributed by atoms with Crippen LogP contribution in [0.4, 0.5) is 5.82 Å². The molecule has 1 aliphatic rings. The van der Waals surface area contributed by atoms with Gasteiger partial charge in [0.25, 0.3) is 0 Å². The maximum Gasteiger partial charge on any atom is 0.339 e. The highest BCUT2D eigenvalue weighted by Crippen LogP contribution is 2.31. The topological polar surface area (TPSA) is 71.9 Å². The summed E-state index contributed by atoms with van der Waals surface area (Å²) in [6.45, 7) is 5.17. The van der Waals surface area contributed by atoms with Crippen molar-refractivity contribution in [1.29, 1.82) is 0 Å². The minimum atomic E-state index is -0.985. The Balaban J connectivity index is 2.08. The first-order valence-corrected chi connectivity index (χ1v) is 8.27. The third-order valence-electron chi connectivity index (χ3n) is 4.21. The van der Waals surface area contributed by atoms with Crippen LogP contribution in [0.2, 0.25) is 0 Å². The van der Waals surface area contributed by atoms with Crippen LogP contribution in [0.1, 0.15) is 24.2 Å². The van der Waals surface area contributed by atoms with Gasteiger partial charge in [-0.25, -0.2) is 9.78 Å². The first-order valence-electron chi connectivity index (χ1n) is 8.27. The zero-order chi connectivity index (χ0) is 18.0. The minimum absolute atomic E-state index is 0.0158. The second-order valence-corrected chi connectivity index (χ2v) is 6.24. The third kappa shape index (κ3) is 3.58. The van der Waals surface area contributed by atoms with Gasteiger partial charge in [0.05, 0.1) is 25.0 Å². The molecule has 132 valence electrons. The van der Waals surface area contributed by atoms with Crippen LogP contribution >= 0.6 is 0 Å². The SMILES string of the molecule is COc1ccccc1-c1ccc(C(=O)O)c(N2C[C@@H](C)O[C@@H](C)C2)n1. The Morgan fingerprint density at radius 1 is 1.20 bits per heavy atom. The number of pyridine rings is 1. The Kier molecular flexibility index (Phi) is 4.90. The molecule has 6 heteroatoms. The number of hydrogen-bond donors (Lipinski definition) is 1. The Morgan fingerprint density at radius 2 is 1.88 bits per heavy atom. The number of rotatable bonds is 4. The Labute approximate surface area is 147 Å². The number of methoxy groups -OCH3 is 1. The summed E-state index contributed by atoms with van der Waals surface area (Å²) in [6, 6.07) is 10.9. The summed E-state index contributed by atoms with van der Waals surface area (Å²) in [7, 11) is 1.61. The number of aromatic nitrogens is 1. The van der Waals surface area contributed by atoms with Gasteiger partial charge in [-0.3, -0.25) is 0 Å². The van der Waals surface area contributed by atoms with E-state index in [1.807, 2.05) is 43.0 Å². The van der Waals surface area contributed by atoms with Crippen LogP contribution in [-0.2, 0) is 4.74 Å². The molecule has 0 spiro atoms. The van der Waals surface area contributed by atoms with Crippen LogP contribution in [0.5, 0.6) is 5.75 Å². The number of benzene rings is 1. The number of nitrogens with zero attached hydrogens (tertiary/aromatic N) is 2. The van der Waals surface area contributed by atoms with E-state index >= 15 is 0 Å². The molecule has 1 aromatic carbocycles. The van der Waals surface area contributed by atoms with Gasteiger partial charge >= 0.3 is 5.97 Å². The lowest BCUT2D eigenvalue weighted by atomic mass is 10.1. The maximum absolute atomic E-state index is 11.7. The van der Waals surface area contributed by atoms with Gasteiger partial charge in [-0.15, -0.1) is 0 Å².